The summed E-state index contributed by atoms with van der Waals surface area (Å²) in [7, 11) is 2.77. The van der Waals surface area contributed by atoms with Gasteiger partial charge in [-0.2, -0.15) is 13.2 Å². The second-order valence-corrected chi connectivity index (χ2v) is 6.83. The maximum atomic E-state index is 12.7. The summed E-state index contributed by atoms with van der Waals surface area (Å²) in [6, 6.07) is 6.79. The number of benzene rings is 2. The number of carbonyl (C=O) groups excluding carboxylic acids is 1. The molecule has 0 bridgehead atoms. The van der Waals surface area contributed by atoms with E-state index in [-0.39, 0.29) is 27.9 Å². The fourth-order valence-corrected chi connectivity index (χ4v) is 3.33. The van der Waals surface area contributed by atoms with Gasteiger partial charge in [0.05, 0.1) is 25.5 Å². The van der Waals surface area contributed by atoms with E-state index in [1.54, 1.807) is 5.38 Å². The van der Waals surface area contributed by atoms with Crippen molar-refractivity contribution in [1.82, 2.24) is 4.98 Å². The molecule has 0 fully saturated rings. The average molecular weight is 439 g/mol. The Bertz CT molecular complexity index is 1040. The lowest BCUT2D eigenvalue weighted by Gasteiger charge is -2.14. The van der Waals surface area contributed by atoms with E-state index < -0.39 is 17.6 Å². The number of phenolic OH excluding ortho intramolecular Hbond substituents is 1. The third kappa shape index (κ3) is 4.16. The molecule has 0 radical (unpaired) electrons. The SMILES string of the molecule is COc1cc(-c2csc(N(N)C(=O)c3ccc(C(F)(F)F)cc3)n2)cc(OC)c1O. The van der Waals surface area contributed by atoms with Crippen LogP contribution in [0.15, 0.2) is 41.8 Å². The lowest BCUT2D eigenvalue weighted by Crippen LogP contribution is -2.37. The van der Waals surface area contributed by atoms with Gasteiger partial charge in [0.15, 0.2) is 11.5 Å². The lowest BCUT2D eigenvalue weighted by atomic mass is 10.1. The van der Waals surface area contributed by atoms with Gasteiger partial charge in [0.1, 0.15) is 0 Å². The minimum absolute atomic E-state index is 0.0183. The number of nitrogens with two attached hydrogens (primary N) is 1. The standard InChI is InChI=1S/C19H16F3N3O4S/c1-28-14-7-11(8-15(29-2)16(14)26)13-9-30-18(24-13)25(23)17(27)10-3-5-12(6-4-10)19(20,21)22/h3-9,26H,23H2,1-2H3. The van der Waals surface area contributed by atoms with Crippen LogP contribution in [0.1, 0.15) is 15.9 Å². The Hall–Kier alpha value is -3.31. The maximum Gasteiger partial charge on any atom is 0.416 e. The fraction of sp³-hybridized carbons (Fsp3) is 0.158. The van der Waals surface area contributed by atoms with Gasteiger partial charge < -0.3 is 14.6 Å². The van der Waals surface area contributed by atoms with Crippen LogP contribution in [0.2, 0.25) is 0 Å². The van der Waals surface area contributed by atoms with Gasteiger partial charge in [-0.05, 0) is 36.4 Å². The molecule has 3 N–H and O–H groups in total. The van der Waals surface area contributed by atoms with Gasteiger partial charge in [-0.15, -0.1) is 11.3 Å². The molecule has 0 saturated heterocycles. The molecule has 7 nitrogen and oxygen atoms in total. The van der Waals surface area contributed by atoms with Gasteiger partial charge in [0.2, 0.25) is 10.9 Å². The van der Waals surface area contributed by atoms with Gasteiger partial charge in [0, 0.05) is 16.5 Å². The van der Waals surface area contributed by atoms with Crippen LogP contribution in [0.3, 0.4) is 0 Å². The number of rotatable bonds is 5. The molecule has 158 valence electrons. The Morgan fingerprint density at radius 3 is 2.20 bits per heavy atom. The van der Waals surface area contributed by atoms with Gasteiger partial charge in [-0.3, -0.25) is 4.79 Å². The normalized spacial score (nSPS) is 11.3. The molecule has 1 amide bonds. The molecule has 1 heterocycles. The predicted octanol–water partition coefficient (Wildman–Crippen LogP) is 4.07. The van der Waals surface area contributed by atoms with E-state index >= 15 is 0 Å². The average Bonchev–Trinajstić information content (AvgIpc) is 3.22. The molecule has 0 aliphatic carbocycles. The Kier molecular flexibility index (Phi) is 5.85. The summed E-state index contributed by atoms with van der Waals surface area (Å²) in [5.74, 6) is 5.30. The van der Waals surface area contributed by atoms with E-state index in [2.05, 4.69) is 4.98 Å². The van der Waals surface area contributed by atoms with Crippen LogP contribution < -0.4 is 20.3 Å². The molecule has 0 spiro atoms. The molecule has 3 rings (SSSR count). The lowest BCUT2D eigenvalue weighted by molar-refractivity contribution is -0.137. The van der Waals surface area contributed by atoms with Crippen LogP contribution in [-0.4, -0.2) is 30.2 Å². The van der Waals surface area contributed by atoms with E-state index in [1.165, 1.54) is 26.4 Å². The van der Waals surface area contributed by atoms with Crippen LogP contribution in [0.25, 0.3) is 11.3 Å². The summed E-state index contributed by atoms with van der Waals surface area (Å²) in [5.41, 5.74) is 0.0891. The van der Waals surface area contributed by atoms with Gasteiger partial charge in [-0.1, -0.05) is 0 Å². The largest absolute Gasteiger partial charge is 0.502 e. The number of methoxy groups -OCH3 is 2. The molecular weight excluding hydrogens is 423 g/mol. The van der Waals surface area contributed by atoms with Crippen molar-refractivity contribution in [3.8, 4) is 28.5 Å². The zero-order valence-electron chi connectivity index (χ0n) is 15.7. The molecule has 0 aliphatic rings. The first-order valence-corrected chi connectivity index (χ1v) is 9.21. The van der Waals surface area contributed by atoms with E-state index in [4.69, 9.17) is 15.3 Å². The number of thiazole rings is 1. The Morgan fingerprint density at radius 1 is 1.13 bits per heavy atom. The molecule has 3 aromatic rings. The van der Waals surface area contributed by atoms with Crippen molar-refractivity contribution in [2.24, 2.45) is 5.84 Å². The monoisotopic (exact) mass is 439 g/mol. The van der Waals surface area contributed by atoms with Crippen molar-refractivity contribution in [3.05, 3.63) is 52.9 Å². The molecular formula is C19H16F3N3O4S. The zero-order valence-corrected chi connectivity index (χ0v) is 16.5. The summed E-state index contributed by atoms with van der Waals surface area (Å²) >= 11 is 1.06. The summed E-state index contributed by atoms with van der Waals surface area (Å²) in [5, 5.41) is 12.5. The summed E-state index contributed by atoms with van der Waals surface area (Å²) in [4.78, 5) is 16.8. The number of anilines is 1. The predicted molar refractivity (Wildman–Crippen MR) is 105 cm³/mol. The van der Waals surface area contributed by atoms with Crippen molar-refractivity contribution >= 4 is 22.4 Å². The third-order valence-corrected chi connectivity index (χ3v) is 4.99. The molecule has 0 aliphatic heterocycles. The highest BCUT2D eigenvalue weighted by atomic mass is 32.1. The first-order valence-electron chi connectivity index (χ1n) is 8.33. The third-order valence-electron chi connectivity index (χ3n) is 4.15. The number of aromatic nitrogens is 1. The van der Waals surface area contributed by atoms with Crippen molar-refractivity contribution in [2.45, 2.75) is 6.18 Å². The summed E-state index contributed by atoms with van der Waals surface area (Å²) in [6.45, 7) is 0. The number of alkyl halides is 3. The number of phenols is 1. The first kappa shape index (κ1) is 21.4. The van der Waals surface area contributed by atoms with E-state index in [1.807, 2.05) is 0 Å². The molecule has 30 heavy (non-hydrogen) atoms. The van der Waals surface area contributed by atoms with Crippen LogP contribution in [0.5, 0.6) is 17.2 Å². The molecule has 0 unspecified atom stereocenters. The number of hydrogen-bond donors (Lipinski definition) is 2. The minimum atomic E-state index is -4.50. The van der Waals surface area contributed by atoms with Crippen molar-refractivity contribution in [3.63, 3.8) is 0 Å². The molecule has 11 heteroatoms. The molecule has 0 atom stereocenters. The number of hydrazine groups is 1. The van der Waals surface area contributed by atoms with Crippen molar-refractivity contribution in [2.75, 3.05) is 19.2 Å². The van der Waals surface area contributed by atoms with E-state index in [0.717, 1.165) is 40.6 Å². The van der Waals surface area contributed by atoms with Gasteiger partial charge in [-0.25, -0.2) is 15.8 Å². The first-order chi connectivity index (χ1) is 14.2. The topological polar surface area (TPSA) is 97.9 Å². The highest BCUT2D eigenvalue weighted by Gasteiger charge is 2.30. The van der Waals surface area contributed by atoms with Crippen LogP contribution in [0.4, 0.5) is 18.3 Å². The Morgan fingerprint density at radius 2 is 1.70 bits per heavy atom. The van der Waals surface area contributed by atoms with Crippen molar-refractivity contribution < 1.29 is 32.5 Å². The van der Waals surface area contributed by atoms with Crippen LogP contribution in [0, 0.1) is 0 Å². The number of halogens is 3. The van der Waals surface area contributed by atoms with Crippen molar-refractivity contribution in [1.29, 1.82) is 0 Å². The quantitative estimate of drug-likeness (QED) is 0.353. The number of amides is 1. The maximum absolute atomic E-state index is 12.7. The smallest absolute Gasteiger partial charge is 0.416 e. The summed E-state index contributed by atoms with van der Waals surface area (Å²) in [6.07, 6.45) is -4.50. The van der Waals surface area contributed by atoms with E-state index in [9.17, 15) is 23.1 Å². The van der Waals surface area contributed by atoms with E-state index in [0.29, 0.717) is 11.3 Å². The molecule has 0 saturated carbocycles. The number of aromatic hydroxyl groups is 1. The number of nitrogens with zero attached hydrogens (tertiary/aromatic N) is 2. The van der Waals surface area contributed by atoms with Crippen LogP contribution in [-0.2, 0) is 6.18 Å². The minimum Gasteiger partial charge on any atom is -0.502 e. The second-order valence-electron chi connectivity index (χ2n) is 5.99. The molecule has 1 aromatic heterocycles. The summed E-state index contributed by atoms with van der Waals surface area (Å²) < 4.78 is 48.3. The van der Waals surface area contributed by atoms with Gasteiger partial charge in [0.25, 0.3) is 5.91 Å². The second kappa shape index (κ2) is 8.20. The zero-order chi connectivity index (χ0) is 22.1. The highest BCUT2D eigenvalue weighted by molar-refractivity contribution is 7.14. The fourth-order valence-electron chi connectivity index (χ4n) is 2.58. The highest BCUT2D eigenvalue weighted by Crippen LogP contribution is 2.41. The van der Waals surface area contributed by atoms with Gasteiger partial charge >= 0.3 is 6.18 Å². The number of ether oxygens (including phenoxy) is 2. The molecule has 2 aromatic carbocycles. The number of carbonyl (C=O) groups is 1. The Labute approximate surface area is 173 Å². The number of hydrogen-bond acceptors (Lipinski definition) is 7. The van der Waals surface area contributed by atoms with Crippen LogP contribution >= 0.6 is 11.3 Å². The Balaban J connectivity index is 1.86.